The fourth-order valence-electron chi connectivity index (χ4n) is 3.86. The topological polar surface area (TPSA) is 59.7 Å². The third kappa shape index (κ3) is 2.98. The quantitative estimate of drug-likeness (QED) is 0.543. The first-order chi connectivity index (χ1) is 13.3. The van der Waals surface area contributed by atoms with E-state index in [-0.39, 0.29) is 0 Å². The number of nitrogens with zero attached hydrogens (tertiary/aromatic N) is 6. The molecule has 1 aromatic carbocycles. The number of aromatic nitrogens is 5. The molecule has 0 radical (unpaired) electrons. The third-order valence-electron chi connectivity index (χ3n) is 5.19. The highest BCUT2D eigenvalue weighted by atomic mass is 32.1. The van der Waals surface area contributed by atoms with Crippen LogP contribution in [-0.2, 0) is 7.05 Å². The summed E-state index contributed by atoms with van der Waals surface area (Å²) in [5, 5.41) is 13.7. The van der Waals surface area contributed by atoms with E-state index in [1.165, 1.54) is 0 Å². The van der Waals surface area contributed by atoms with E-state index in [0.29, 0.717) is 5.92 Å². The van der Waals surface area contributed by atoms with Gasteiger partial charge in [-0.2, -0.15) is 11.3 Å². The van der Waals surface area contributed by atoms with Crippen molar-refractivity contribution in [3.8, 4) is 11.4 Å². The molecule has 0 amide bonds. The Bertz CT molecular complexity index is 1070. The molecule has 1 aliphatic heterocycles. The minimum atomic E-state index is 0.365. The molecule has 1 atom stereocenters. The molecule has 136 valence electrons. The molecule has 1 unspecified atom stereocenters. The Morgan fingerprint density at radius 3 is 2.89 bits per heavy atom. The van der Waals surface area contributed by atoms with Gasteiger partial charge < -0.3 is 9.47 Å². The number of aryl methyl sites for hydroxylation is 1. The molecule has 0 bridgehead atoms. The van der Waals surface area contributed by atoms with Gasteiger partial charge >= 0.3 is 0 Å². The molecule has 6 nitrogen and oxygen atoms in total. The molecule has 1 saturated heterocycles. The second-order valence-electron chi connectivity index (χ2n) is 6.99. The van der Waals surface area contributed by atoms with E-state index in [1.54, 1.807) is 17.7 Å². The zero-order valence-electron chi connectivity index (χ0n) is 15.1. The molecule has 0 N–H and O–H groups in total. The van der Waals surface area contributed by atoms with E-state index in [0.717, 1.165) is 59.9 Å². The molecule has 1 fully saturated rings. The van der Waals surface area contributed by atoms with Crippen LogP contribution in [0, 0.1) is 0 Å². The average Bonchev–Trinajstić information content (AvgIpc) is 3.39. The summed E-state index contributed by atoms with van der Waals surface area (Å²) in [4.78, 5) is 12.2. The van der Waals surface area contributed by atoms with Gasteiger partial charge in [0.2, 0.25) is 0 Å². The summed E-state index contributed by atoms with van der Waals surface area (Å²) in [6.45, 7) is 1.90. The number of benzene rings is 1. The minimum Gasteiger partial charge on any atom is -0.355 e. The lowest BCUT2D eigenvalue weighted by Gasteiger charge is -2.33. The molecule has 0 aliphatic carbocycles. The van der Waals surface area contributed by atoms with Crippen molar-refractivity contribution in [3.05, 3.63) is 53.2 Å². The number of hydrogen-bond donors (Lipinski definition) is 0. The second-order valence-corrected chi connectivity index (χ2v) is 7.77. The monoisotopic (exact) mass is 376 g/mol. The number of hydrogen-bond acceptors (Lipinski definition) is 6. The lowest BCUT2D eigenvalue weighted by molar-refractivity contribution is 0.478. The van der Waals surface area contributed by atoms with E-state index in [9.17, 15) is 0 Å². The first-order valence-electron chi connectivity index (χ1n) is 9.18. The van der Waals surface area contributed by atoms with Crippen molar-refractivity contribution in [1.29, 1.82) is 0 Å². The van der Waals surface area contributed by atoms with Crippen LogP contribution in [0.2, 0.25) is 0 Å². The average molecular weight is 376 g/mol. The molecule has 4 heterocycles. The van der Waals surface area contributed by atoms with Crippen molar-refractivity contribution in [1.82, 2.24) is 24.7 Å². The van der Waals surface area contributed by atoms with Crippen LogP contribution in [0.1, 0.15) is 24.6 Å². The Morgan fingerprint density at radius 2 is 2.07 bits per heavy atom. The van der Waals surface area contributed by atoms with Crippen LogP contribution >= 0.6 is 11.3 Å². The van der Waals surface area contributed by atoms with Gasteiger partial charge in [0.05, 0.1) is 5.52 Å². The maximum absolute atomic E-state index is 4.98. The number of thiophene rings is 1. The van der Waals surface area contributed by atoms with Gasteiger partial charge in [0.25, 0.3) is 0 Å². The van der Waals surface area contributed by atoms with Crippen LogP contribution in [0.25, 0.3) is 22.3 Å². The van der Waals surface area contributed by atoms with E-state index in [2.05, 4.69) is 50.1 Å². The summed E-state index contributed by atoms with van der Waals surface area (Å²) < 4.78 is 2.03. The van der Waals surface area contributed by atoms with Crippen molar-refractivity contribution < 1.29 is 0 Å². The van der Waals surface area contributed by atoms with Gasteiger partial charge in [-0.25, -0.2) is 9.97 Å². The zero-order chi connectivity index (χ0) is 18.2. The minimum absolute atomic E-state index is 0.365. The Hall–Kier alpha value is -2.80. The SMILES string of the molecule is Cn1cnnc1C1CCCN(c2nc(-c3ccsc3)nc3ccccc23)C1. The van der Waals surface area contributed by atoms with Gasteiger partial charge in [-0.05, 0) is 36.4 Å². The predicted molar refractivity (Wildman–Crippen MR) is 108 cm³/mol. The smallest absolute Gasteiger partial charge is 0.162 e. The van der Waals surface area contributed by atoms with Crippen LogP contribution in [0.15, 0.2) is 47.4 Å². The summed E-state index contributed by atoms with van der Waals surface area (Å²) in [6.07, 6.45) is 4.02. The maximum Gasteiger partial charge on any atom is 0.162 e. The number of rotatable bonds is 3. The Balaban J connectivity index is 1.58. The van der Waals surface area contributed by atoms with E-state index < -0.39 is 0 Å². The van der Waals surface area contributed by atoms with E-state index in [4.69, 9.17) is 9.97 Å². The van der Waals surface area contributed by atoms with Gasteiger partial charge in [-0.1, -0.05) is 12.1 Å². The standard InChI is InChI=1S/C20H20N6S/c1-25-13-21-24-19(25)14-5-4-9-26(11-14)20-16-6-2-3-7-17(16)22-18(23-20)15-8-10-27-12-15/h2-3,6-8,10,12-14H,4-5,9,11H2,1H3. The van der Waals surface area contributed by atoms with Crippen molar-refractivity contribution >= 4 is 28.1 Å². The highest BCUT2D eigenvalue weighted by Crippen LogP contribution is 2.33. The fraction of sp³-hybridized carbons (Fsp3) is 0.300. The largest absolute Gasteiger partial charge is 0.355 e. The number of para-hydroxylation sites is 1. The normalized spacial score (nSPS) is 17.5. The first kappa shape index (κ1) is 16.4. The Morgan fingerprint density at radius 1 is 1.15 bits per heavy atom. The molecule has 0 spiro atoms. The number of fused-ring (bicyclic) bond motifs is 1. The van der Waals surface area contributed by atoms with Gasteiger partial charge in [0.1, 0.15) is 18.0 Å². The summed E-state index contributed by atoms with van der Waals surface area (Å²) in [6, 6.07) is 10.4. The van der Waals surface area contributed by atoms with Crippen LogP contribution < -0.4 is 4.90 Å². The Kier molecular flexibility index (Phi) is 4.09. The van der Waals surface area contributed by atoms with Gasteiger partial charge in [-0.15, -0.1) is 10.2 Å². The van der Waals surface area contributed by atoms with Gasteiger partial charge in [-0.3, -0.25) is 0 Å². The van der Waals surface area contributed by atoms with E-state index in [1.807, 2.05) is 17.7 Å². The lowest BCUT2D eigenvalue weighted by Crippen LogP contribution is -2.36. The van der Waals surface area contributed by atoms with Crippen molar-refractivity contribution in [2.45, 2.75) is 18.8 Å². The molecule has 5 rings (SSSR count). The molecule has 3 aromatic heterocycles. The van der Waals surface area contributed by atoms with Gasteiger partial charge in [0.15, 0.2) is 5.82 Å². The number of anilines is 1. The maximum atomic E-state index is 4.98. The molecule has 7 heteroatoms. The van der Waals surface area contributed by atoms with Crippen LogP contribution in [0.4, 0.5) is 5.82 Å². The Labute approximate surface area is 161 Å². The highest BCUT2D eigenvalue weighted by molar-refractivity contribution is 7.08. The lowest BCUT2D eigenvalue weighted by atomic mass is 9.97. The molecular formula is C20H20N6S. The first-order valence-corrected chi connectivity index (χ1v) is 10.1. The van der Waals surface area contributed by atoms with Gasteiger partial charge in [0, 0.05) is 42.4 Å². The predicted octanol–water partition coefficient (Wildman–Crippen LogP) is 3.87. The molecular weight excluding hydrogens is 356 g/mol. The van der Waals surface area contributed by atoms with Crippen LogP contribution in [-0.4, -0.2) is 37.8 Å². The van der Waals surface area contributed by atoms with Crippen molar-refractivity contribution in [2.24, 2.45) is 7.05 Å². The molecule has 1 aliphatic rings. The fourth-order valence-corrected chi connectivity index (χ4v) is 4.50. The summed E-state index contributed by atoms with van der Waals surface area (Å²) in [5.74, 6) is 3.24. The number of piperidine rings is 1. The van der Waals surface area contributed by atoms with Crippen molar-refractivity contribution in [2.75, 3.05) is 18.0 Å². The summed E-state index contributed by atoms with van der Waals surface area (Å²) >= 11 is 1.67. The molecule has 4 aromatic rings. The summed E-state index contributed by atoms with van der Waals surface area (Å²) in [5.41, 5.74) is 2.07. The van der Waals surface area contributed by atoms with Crippen LogP contribution in [0.5, 0.6) is 0 Å². The van der Waals surface area contributed by atoms with Crippen molar-refractivity contribution in [3.63, 3.8) is 0 Å². The molecule has 0 saturated carbocycles. The van der Waals surface area contributed by atoms with E-state index >= 15 is 0 Å². The van der Waals surface area contributed by atoms with Crippen LogP contribution in [0.3, 0.4) is 0 Å². The zero-order valence-corrected chi connectivity index (χ0v) is 15.9. The highest BCUT2D eigenvalue weighted by Gasteiger charge is 2.27. The molecule has 27 heavy (non-hydrogen) atoms. The summed E-state index contributed by atoms with van der Waals surface area (Å²) in [7, 11) is 2.02. The second kappa shape index (κ2) is 6.74. The third-order valence-corrected chi connectivity index (χ3v) is 5.88.